The monoisotopic (exact) mass is 553 g/mol. The Hall–Kier alpha value is -3.86. The fourth-order valence-corrected chi connectivity index (χ4v) is 4.56. The molecule has 1 saturated heterocycles. The molecule has 0 bridgehead atoms. The predicted molar refractivity (Wildman–Crippen MR) is 149 cm³/mol. The van der Waals surface area contributed by atoms with E-state index in [1.165, 1.54) is 11.2 Å². The van der Waals surface area contributed by atoms with Gasteiger partial charge in [0.2, 0.25) is 17.7 Å². The maximum Gasteiger partial charge on any atom is 0.358 e. The number of ether oxygens (including phenoxy) is 1. The van der Waals surface area contributed by atoms with Crippen molar-refractivity contribution in [3.8, 4) is 0 Å². The predicted octanol–water partition coefficient (Wildman–Crippen LogP) is 2.15. The number of hydrogen-bond acceptors (Lipinski definition) is 8. The summed E-state index contributed by atoms with van der Waals surface area (Å²) in [6, 6.07) is 7.27. The molecule has 3 rings (SSSR count). The molecule has 1 aromatic heterocycles. The van der Waals surface area contributed by atoms with Gasteiger partial charge in [0.1, 0.15) is 6.04 Å². The minimum atomic E-state index is -0.921. The summed E-state index contributed by atoms with van der Waals surface area (Å²) in [5.74, 6) is -2.20. The molecule has 11 nitrogen and oxygen atoms in total. The molecule has 40 heavy (non-hydrogen) atoms. The van der Waals surface area contributed by atoms with E-state index in [1.807, 2.05) is 26.0 Å². The number of hydrogen-bond donors (Lipinski definition) is 3. The second-order valence-electron chi connectivity index (χ2n) is 10.7. The fourth-order valence-electron chi connectivity index (χ4n) is 4.56. The Bertz CT molecular complexity index is 1230. The van der Waals surface area contributed by atoms with Crippen LogP contribution >= 0.6 is 0 Å². The highest BCUT2D eigenvalue weighted by Gasteiger charge is 2.35. The van der Waals surface area contributed by atoms with E-state index in [9.17, 15) is 24.0 Å². The van der Waals surface area contributed by atoms with Crippen LogP contribution in [0.1, 0.15) is 63.9 Å². The first-order chi connectivity index (χ1) is 19.1. The molecule has 0 radical (unpaired) electrons. The molecule has 2 heterocycles. The van der Waals surface area contributed by atoms with Crippen LogP contribution in [-0.2, 0) is 23.9 Å². The summed E-state index contributed by atoms with van der Waals surface area (Å²) in [7, 11) is 0. The lowest BCUT2D eigenvalue weighted by atomic mass is 9.98. The molecule has 1 aromatic carbocycles. The Labute approximate surface area is 234 Å². The zero-order chi connectivity index (χ0) is 29.2. The molecule has 1 fully saturated rings. The first-order valence-electron chi connectivity index (χ1n) is 13.7. The first kappa shape index (κ1) is 30.7. The average Bonchev–Trinajstić information content (AvgIpc) is 2.93. The van der Waals surface area contributed by atoms with Gasteiger partial charge in [-0.2, -0.15) is 0 Å². The number of pyridine rings is 1. The summed E-state index contributed by atoms with van der Waals surface area (Å²) < 4.78 is 5.29. The van der Waals surface area contributed by atoms with Crippen LogP contribution in [0.2, 0.25) is 0 Å². The Balaban J connectivity index is 1.58. The van der Waals surface area contributed by atoms with Gasteiger partial charge in [-0.05, 0) is 36.1 Å². The van der Waals surface area contributed by atoms with Gasteiger partial charge in [-0.25, -0.2) is 15.2 Å². The number of benzene rings is 1. The van der Waals surface area contributed by atoms with Crippen molar-refractivity contribution in [2.75, 3.05) is 19.7 Å². The lowest BCUT2D eigenvalue weighted by Crippen LogP contribution is -2.61. The van der Waals surface area contributed by atoms with E-state index in [0.29, 0.717) is 31.2 Å². The zero-order valence-electron chi connectivity index (χ0n) is 23.6. The minimum Gasteiger partial charge on any atom is -0.453 e. The summed E-state index contributed by atoms with van der Waals surface area (Å²) in [5.41, 5.74) is 3.08. The van der Waals surface area contributed by atoms with Crippen LogP contribution in [0.4, 0.5) is 0 Å². The van der Waals surface area contributed by atoms with Gasteiger partial charge in [0.05, 0.1) is 6.04 Å². The van der Waals surface area contributed by atoms with Gasteiger partial charge >= 0.3 is 5.97 Å². The largest absolute Gasteiger partial charge is 0.453 e. The van der Waals surface area contributed by atoms with Gasteiger partial charge in [-0.1, -0.05) is 52.0 Å². The highest BCUT2D eigenvalue weighted by atomic mass is 16.5. The fraction of sp³-hybridized carbons (Fsp3) is 0.517. The van der Waals surface area contributed by atoms with Gasteiger partial charge in [-0.15, -0.1) is 0 Å². The number of carbonyl (C=O) groups is 5. The molecule has 11 heteroatoms. The molecule has 2 atom stereocenters. The number of carbonyl (C=O) groups excluding carboxylic acids is 5. The third-order valence-corrected chi connectivity index (χ3v) is 6.60. The van der Waals surface area contributed by atoms with Gasteiger partial charge in [0.15, 0.2) is 18.1 Å². The topological polar surface area (TPSA) is 147 Å². The SMILES string of the molecule is CC(C)CC(=O)NCCC(=O)N1NCCC[C@H]1C(=O)N[C@@H](C(=O)COC(=O)c1nccc2ccccc12)C(C)C. The second-order valence-corrected chi connectivity index (χ2v) is 10.7. The Kier molecular flexibility index (Phi) is 11.1. The maximum absolute atomic E-state index is 13.3. The Morgan fingerprint density at radius 3 is 2.58 bits per heavy atom. The molecule has 3 N–H and O–H groups in total. The molecule has 0 spiro atoms. The molecule has 2 aromatic rings. The standard InChI is InChI=1S/C29H39N5O6/c1-18(2)16-24(36)30-15-12-25(37)34-22(10-7-13-32-34)28(38)33-26(19(3)4)23(35)17-40-29(39)27-21-9-6-5-8-20(21)11-14-31-27/h5-6,8-9,11,14,18-19,22,26,32H,7,10,12-13,15-17H2,1-4H3,(H,30,36)(H,33,38)/t22-,26+/m0/s1. The van der Waals surface area contributed by atoms with Gasteiger partial charge in [0, 0.05) is 37.5 Å². The van der Waals surface area contributed by atoms with Crippen LogP contribution in [-0.4, -0.2) is 71.2 Å². The van der Waals surface area contributed by atoms with E-state index in [1.54, 1.807) is 32.0 Å². The number of fused-ring (bicyclic) bond motifs is 1. The molecule has 1 aliphatic rings. The second kappa shape index (κ2) is 14.5. The van der Waals surface area contributed by atoms with Crippen LogP contribution in [0.5, 0.6) is 0 Å². The van der Waals surface area contributed by atoms with Gasteiger partial charge < -0.3 is 15.4 Å². The van der Waals surface area contributed by atoms with Crippen molar-refractivity contribution in [3.63, 3.8) is 0 Å². The van der Waals surface area contributed by atoms with Crippen molar-refractivity contribution in [3.05, 3.63) is 42.2 Å². The molecule has 3 amide bonds. The summed E-state index contributed by atoms with van der Waals surface area (Å²) in [4.78, 5) is 67.9. The quantitative estimate of drug-likeness (QED) is 0.339. The highest BCUT2D eigenvalue weighted by Crippen LogP contribution is 2.18. The third-order valence-electron chi connectivity index (χ3n) is 6.60. The number of nitrogens with one attached hydrogen (secondary N) is 3. The number of rotatable bonds is 12. The number of Topliss-reactive ketones (excluding diaryl/α,β-unsaturated/α-hetero) is 1. The third kappa shape index (κ3) is 8.32. The van der Waals surface area contributed by atoms with E-state index in [4.69, 9.17) is 4.74 Å². The normalized spacial score (nSPS) is 16.1. The zero-order valence-corrected chi connectivity index (χ0v) is 23.6. The number of amides is 3. The van der Waals surface area contributed by atoms with Crippen molar-refractivity contribution in [2.45, 2.75) is 65.5 Å². The summed E-state index contributed by atoms with van der Waals surface area (Å²) in [6.07, 6.45) is 3.00. The highest BCUT2D eigenvalue weighted by molar-refractivity contribution is 6.03. The number of hydrazine groups is 1. The summed E-state index contributed by atoms with van der Waals surface area (Å²) in [5, 5.41) is 8.22. The van der Waals surface area contributed by atoms with E-state index in [0.717, 1.165) is 5.39 Å². The van der Waals surface area contributed by atoms with E-state index in [-0.39, 0.29) is 42.3 Å². The van der Waals surface area contributed by atoms with Crippen molar-refractivity contribution >= 4 is 40.2 Å². The molecule has 0 aliphatic carbocycles. The minimum absolute atomic E-state index is 0.0330. The van der Waals surface area contributed by atoms with Crippen LogP contribution < -0.4 is 16.1 Å². The molecule has 1 aliphatic heterocycles. The van der Waals surface area contributed by atoms with Gasteiger partial charge in [0.25, 0.3) is 0 Å². The van der Waals surface area contributed by atoms with Crippen LogP contribution in [0.15, 0.2) is 36.5 Å². The van der Waals surface area contributed by atoms with Crippen molar-refractivity contribution in [2.24, 2.45) is 11.8 Å². The van der Waals surface area contributed by atoms with Crippen LogP contribution in [0, 0.1) is 11.8 Å². The first-order valence-corrected chi connectivity index (χ1v) is 13.7. The van der Waals surface area contributed by atoms with Crippen molar-refractivity contribution in [1.82, 2.24) is 26.1 Å². The summed E-state index contributed by atoms with van der Waals surface area (Å²) >= 11 is 0. The Morgan fingerprint density at radius 1 is 1.10 bits per heavy atom. The average molecular weight is 554 g/mol. The lowest BCUT2D eigenvalue weighted by molar-refractivity contribution is -0.147. The number of aromatic nitrogens is 1. The number of esters is 1. The van der Waals surface area contributed by atoms with Crippen LogP contribution in [0.3, 0.4) is 0 Å². The molecule has 216 valence electrons. The Morgan fingerprint density at radius 2 is 1.85 bits per heavy atom. The number of nitrogens with zero attached hydrogens (tertiary/aromatic N) is 2. The molecule has 0 unspecified atom stereocenters. The molecule has 0 saturated carbocycles. The van der Waals surface area contributed by atoms with Crippen molar-refractivity contribution in [1.29, 1.82) is 0 Å². The molecular formula is C29H39N5O6. The van der Waals surface area contributed by atoms with Crippen LogP contribution in [0.25, 0.3) is 10.8 Å². The number of ketones is 1. The smallest absolute Gasteiger partial charge is 0.358 e. The maximum atomic E-state index is 13.3. The van der Waals surface area contributed by atoms with E-state index in [2.05, 4.69) is 21.0 Å². The van der Waals surface area contributed by atoms with Crippen molar-refractivity contribution < 1.29 is 28.7 Å². The van der Waals surface area contributed by atoms with Gasteiger partial charge in [-0.3, -0.25) is 24.2 Å². The molecular weight excluding hydrogens is 514 g/mol. The lowest BCUT2D eigenvalue weighted by Gasteiger charge is -2.36. The van der Waals surface area contributed by atoms with E-state index >= 15 is 0 Å². The summed E-state index contributed by atoms with van der Waals surface area (Å²) in [6.45, 7) is 7.59. The van der Waals surface area contributed by atoms with E-state index < -0.39 is 36.4 Å².